The zero-order chi connectivity index (χ0) is 17.1. The van der Waals surface area contributed by atoms with Crippen LogP contribution in [0.1, 0.15) is 27.3 Å². The Balaban J connectivity index is 2.47. The van der Waals surface area contributed by atoms with Gasteiger partial charge in [-0.25, -0.2) is 15.0 Å². The molecule has 2 aromatic rings. The second kappa shape index (κ2) is 6.53. The van der Waals surface area contributed by atoms with E-state index in [4.69, 9.17) is 17.3 Å². The van der Waals surface area contributed by atoms with Crippen molar-refractivity contribution in [3.63, 3.8) is 0 Å². The number of nitrogens with zero attached hydrogens (tertiary/aromatic N) is 2. The number of amides is 2. The number of halogens is 1. The summed E-state index contributed by atoms with van der Waals surface area (Å²) >= 11 is 5.90. The molecule has 1 heterocycles. The van der Waals surface area contributed by atoms with E-state index in [1.807, 2.05) is 24.5 Å². The van der Waals surface area contributed by atoms with Gasteiger partial charge in [0.1, 0.15) is 0 Å². The Morgan fingerprint density at radius 1 is 1.35 bits per heavy atom. The van der Waals surface area contributed by atoms with Crippen molar-refractivity contribution in [3.8, 4) is 5.69 Å². The lowest BCUT2D eigenvalue weighted by molar-refractivity contribution is 0.0697. The van der Waals surface area contributed by atoms with Crippen molar-refractivity contribution in [1.29, 1.82) is 0 Å². The zero-order valence-electron chi connectivity index (χ0n) is 12.5. The Kier molecular flexibility index (Phi) is 4.71. The maximum Gasteiger partial charge on any atom is 0.337 e. The number of hydrogen-bond acceptors (Lipinski definition) is 3. The number of hydrazone groups is 1. The fraction of sp³-hybridized carbons (Fsp3) is 0.133. The smallest absolute Gasteiger partial charge is 0.337 e. The minimum atomic E-state index is -1.09. The average Bonchev–Trinajstić information content (AvgIpc) is 2.74. The van der Waals surface area contributed by atoms with E-state index in [-0.39, 0.29) is 10.6 Å². The van der Waals surface area contributed by atoms with Crippen LogP contribution in [0.3, 0.4) is 0 Å². The number of carboxylic acids is 1. The number of urea groups is 1. The van der Waals surface area contributed by atoms with Crippen LogP contribution in [-0.2, 0) is 0 Å². The summed E-state index contributed by atoms with van der Waals surface area (Å²) in [6.45, 7) is 3.73. The molecule has 0 aliphatic carbocycles. The SMILES string of the molecule is Cc1cc(/C=N\NC(N)=O)c(C)n1-c1ccc(Cl)c(C(=O)O)c1. The first kappa shape index (κ1) is 16.6. The molecule has 0 saturated carbocycles. The molecule has 8 heteroatoms. The second-order valence-corrected chi connectivity index (χ2v) is 5.27. The first-order valence-electron chi connectivity index (χ1n) is 6.62. The lowest BCUT2D eigenvalue weighted by Crippen LogP contribution is -2.24. The molecule has 0 radical (unpaired) electrons. The molecule has 0 aliphatic heterocycles. The largest absolute Gasteiger partial charge is 0.478 e. The van der Waals surface area contributed by atoms with Crippen LogP contribution in [-0.4, -0.2) is 27.9 Å². The van der Waals surface area contributed by atoms with Crippen molar-refractivity contribution < 1.29 is 14.7 Å². The number of carbonyl (C=O) groups excluding carboxylic acids is 1. The van der Waals surface area contributed by atoms with Gasteiger partial charge in [-0.2, -0.15) is 5.10 Å². The van der Waals surface area contributed by atoms with Crippen molar-refractivity contribution in [2.24, 2.45) is 10.8 Å². The van der Waals surface area contributed by atoms with Gasteiger partial charge in [0, 0.05) is 22.6 Å². The third-order valence-corrected chi connectivity index (χ3v) is 3.62. The predicted molar refractivity (Wildman–Crippen MR) is 87.5 cm³/mol. The van der Waals surface area contributed by atoms with Crippen molar-refractivity contribution in [2.45, 2.75) is 13.8 Å². The van der Waals surface area contributed by atoms with E-state index >= 15 is 0 Å². The average molecular weight is 335 g/mol. The van der Waals surface area contributed by atoms with Gasteiger partial charge >= 0.3 is 12.0 Å². The summed E-state index contributed by atoms with van der Waals surface area (Å²) < 4.78 is 1.87. The number of carboxylic acid groups (broad SMARTS) is 1. The number of nitrogens with two attached hydrogens (primary N) is 1. The summed E-state index contributed by atoms with van der Waals surface area (Å²) in [6, 6.07) is 5.89. The predicted octanol–water partition coefficient (Wildman–Crippen LogP) is 2.45. The third-order valence-electron chi connectivity index (χ3n) is 3.29. The highest BCUT2D eigenvalue weighted by Crippen LogP contribution is 2.24. The van der Waals surface area contributed by atoms with Gasteiger partial charge < -0.3 is 15.4 Å². The molecule has 0 bridgehead atoms. The normalized spacial score (nSPS) is 10.9. The molecule has 120 valence electrons. The summed E-state index contributed by atoms with van der Waals surface area (Å²) in [4.78, 5) is 21.8. The number of carbonyl (C=O) groups is 2. The van der Waals surface area contributed by atoms with Crippen LogP contribution in [0.25, 0.3) is 5.69 Å². The molecule has 1 aromatic carbocycles. The minimum absolute atomic E-state index is 0.0299. The highest BCUT2D eigenvalue weighted by Gasteiger charge is 2.14. The van der Waals surface area contributed by atoms with Crippen LogP contribution in [0.4, 0.5) is 4.79 Å². The maximum atomic E-state index is 11.2. The first-order chi connectivity index (χ1) is 10.8. The highest BCUT2D eigenvalue weighted by molar-refractivity contribution is 6.33. The standard InChI is InChI=1S/C15H15ClN4O3/c1-8-5-10(7-18-19-15(17)23)9(2)20(8)11-3-4-13(16)12(6-11)14(21)22/h3-7H,1-2H3,(H,21,22)(H3,17,19,23)/b18-7-. The number of primary amides is 1. The lowest BCUT2D eigenvalue weighted by Gasteiger charge is -2.11. The van der Waals surface area contributed by atoms with Gasteiger partial charge in [0.05, 0.1) is 16.8 Å². The van der Waals surface area contributed by atoms with Crippen LogP contribution in [0.15, 0.2) is 29.4 Å². The zero-order valence-corrected chi connectivity index (χ0v) is 13.3. The molecule has 7 nitrogen and oxygen atoms in total. The van der Waals surface area contributed by atoms with Gasteiger partial charge in [-0.1, -0.05) is 11.6 Å². The molecule has 23 heavy (non-hydrogen) atoms. The minimum Gasteiger partial charge on any atom is -0.478 e. The Morgan fingerprint density at radius 2 is 2.04 bits per heavy atom. The number of nitrogens with one attached hydrogen (secondary N) is 1. The topological polar surface area (TPSA) is 110 Å². The fourth-order valence-electron chi connectivity index (χ4n) is 2.30. The quantitative estimate of drug-likeness (QED) is 0.590. The van der Waals surface area contributed by atoms with Crippen LogP contribution >= 0.6 is 11.6 Å². The number of aromatic nitrogens is 1. The molecule has 2 amide bonds. The maximum absolute atomic E-state index is 11.2. The van der Waals surface area contributed by atoms with E-state index in [1.165, 1.54) is 12.3 Å². The summed E-state index contributed by atoms with van der Waals surface area (Å²) in [7, 11) is 0. The molecule has 0 unspecified atom stereocenters. The first-order valence-corrected chi connectivity index (χ1v) is 6.99. The molecular formula is C15H15ClN4O3. The Morgan fingerprint density at radius 3 is 2.65 bits per heavy atom. The van der Waals surface area contributed by atoms with Gasteiger partial charge in [0.2, 0.25) is 0 Å². The van der Waals surface area contributed by atoms with Crippen molar-refractivity contribution in [3.05, 3.63) is 51.8 Å². The van der Waals surface area contributed by atoms with Crippen LogP contribution in [0.2, 0.25) is 5.02 Å². The van der Waals surface area contributed by atoms with Crippen molar-refractivity contribution in [1.82, 2.24) is 9.99 Å². The van der Waals surface area contributed by atoms with E-state index in [0.717, 1.165) is 17.0 Å². The van der Waals surface area contributed by atoms with Crippen LogP contribution < -0.4 is 11.2 Å². The van der Waals surface area contributed by atoms with Gasteiger partial charge in [0.25, 0.3) is 0 Å². The summed E-state index contributed by atoms with van der Waals surface area (Å²) in [5.74, 6) is -1.09. The van der Waals surface area contributed by atoms with E-state index in [0.29, 0.717) is 5.69 Å². The molecule has 4 N–H and O–H groups in total. The van der Waals surface area contributed by atoms with Gasteiger partial charge in [-0.15, -0.1) is 0 Å². The number of benzene rings is 1. The van der Waals surface area contributed by atoms with E-state index in [1.54, 1.807) is 12.1 Å². The monoisotopic (exact) mass is 334 g/mol. The molecule has 0 fully saturated rings. The lowest BCUT2D eigenvalue weighted by atomic mass is 10.2. The van der Waals surface area contributed by atoms with E-state index < -0.39 is 12.0 Å². The number of aryl methyl sites for hydroxylation is 1. The van der Waals surface area contributed by atoms with E-state index in [2.05, 4.69) is 10.5 Å². The molecule has 0 saturated heterocycles. The summed E-state index contributed by atoms with van der Waals surface area (Å²) in [5.41, 5.74) is 10.2. The van der Waals surface area contributed by atoms with Gasteiger partial charge in [-0.3, -0.25) is 0 Å². The molecule has 0 aliphatic rings. The van der Waals surface area contributed by atoms with Gasteiger partial charge in [-0.05, 0) is 38.1 Å². The summed E-state index contributed by atoms with van der Waals surface area (Å²) in [5, 5.41) is 13.1. The van der Waals surface area contributed by atoms with Crippen LogP contribution in [0.5, 0.6) is 0 Å². The molecule has 1 aromatic heterocycles. The van der Waals surface area contributed by atoms with E-state index in [9.17, 15) is 14.7 Å². The third kappa shape index (κ3) is 3.51. The van der Waals surface area contributed by atoms with Gasteiger partial charge in [0.15, 0.2) is 0 Å². The fourth-order valence-corrected chi connectivity index (χ4v) is 2.50. The molecule has 0 atom stereocenters. The molecular weight excluding hydrogens is 320 g/mol. The van der Waals surface area contributed by atoms with Crippen molar-refractivity contribution >= 4 is 29.8 Å². The number of rotatable bonds is 4. The number of aromatic carboxylic acids is 1. The molecule has 2 rings (SSSR count). The highest BCUT2D eigenvalue weighted by atomic mass is 35.5. The Labute approximate surface area is 137 Å². The number of hydrogen-bond donors (Lipinski definition) is 3. The Hall–Kier alpha value is -2.80. The Bertz CT molecular complexity index is 811. The summed E-state index contributed by atoms with van der Waals surface area (Å²) in [6.07, 6.45) is 1.47. The second-order valence-electron chi connectivity index (χ2n) is 4.87. The molecule has 0 spiro atoms. The van der Waals surface area contributed by atoms with Crippen LogP contribution in [0, 0.1) is 13.8 Å². The van der Waals surface area contributed by atoms with Crippen molar-refractivity contribution in [2.75, 3.05) is 0 Å².